The van der Waals surface area contributed by atoms with Crippen molar-refractivity contribution in [2.75, 3.05) is 32.1 Å². The molecule has 1 fully saturated rings. The van der Waals surface area contributed by atoms with Crippen molar-refractivity contribution in [3.8, 4) is 0 Å². The summed E-state index contributed by atoms with van der Waals surface area (Å²) in [7, 11) is 1.74. The fraction of sp³-hybridized carbons (Fsp3) is 0.615. The maximum atomic E-state index is 12.4. The van der Waals surface area contributed by atoms with Crippen molar-refractivity contribution in [3.05, 3.63) is 17.8 Å². The van der Waals surface area contributed by atoms with Gasteiger partial charge < -0.3 is 20.1 Å². The molecule has 0 aliphatic carbocycles. The quantitative estimate of drug-likeness (QED) is 0.818. The Balaban J connectivity index is 2.14. The topological polar surface area (TPSA) is 87.6 Å². The number of ether oxygens (including phenoxy) is 1. The summed E-state index contributed by atoms with van der Waals surface area (Å²) < 4.78 is 5.69. The summed E-state index contributed by atoms with van der Waals surface area (Å²) in [6, 6.07) is 3.34. The molecule has 1 atom stereocenters. The third kappa shape index (κ3) is 3.23. The highest BCUT2D eigenvalue weighted by molar-refractivity contribution is 5.92. The van der Waals surface area contributed by atoms with Gasteiger partial charge in [-0.25, -0.2) is 0 Å². The number of rotatable bonds is 3. The van der Waals surface area contributed by atoms with E-state index in [0.717, 1.165) is 0 Å². The third-order valence-corrected chi connectivity index (χ3v) is 3.11. The Labute approximate surface area is 117 Å². The van der Waals surface area contributed by atoms with E-state index in [1.165, 1.54) is 0 Å². The van der Waals surface area contributed by atoms with Crippen LogP contribution in [-0.4, -0.2) is 64.6 Å². The lowest BCUT2D eigenvalue weighted by Gasteiger charge is -2.42. The lowest BCUT2D eigenvalue weighted by Crippen LogP contribution is -2.55. The summed E-state index contributed by atoms with van der Waals surface area (Å²) in [5.41, 5.74) is -0.196. The molecule has 2 heterocycles. The molecule has 1 aromatic heterocycles. The molecule has 1 aliphatic rings. The number of carbonyl (C=O) groups is 1. The SMILES string of the molecule is CNc1ccc(C(=O)N2CC(CO)OC(C)(C)C2)nn1. The highest BCUT2D eigenvalue weighted by Crippen LogP contribution is 2.22. The maximum absolute atomic E-state index is 12.4. The Bertz CT molecular complexity index is 475. The van der Waals surface area contributed by atoms with E-state index in [2.05, 4.69) is 15.5 Å². The summed E-state index contributed by atoms with van der Waals surface area (Å²) in [6.07, 6.45) is -0.368. The average Bonchev–Trinajstić information content (AvgIpc) is 2.44. The van der Waals surface area contributed by atoms with E-state index >= 15 is 0 Å². The first-order valence-corrected chi connectivity index (χ1v) is 6.54. The number of anilines is 1. The first kappa shape index (κ1) is 14.7. The number of carbonyl (C=O) groups excluding carboxylic acids is 1. The lowest BCUT2D eigenvalue weighted by molar-refractivity contribution is -0.139. The summed E-state index contributed by atoms with van der Waals surface area (Å²) >= 11 is 0. The predicted molar refractivity (Wildman–Crippen MR) is 73.5 cm³/mol. The Morgan fingerprint density at radius 2 is 2.30 bits per heavy atom. The molecule has 2 N–H and O–H groups in total. The second-order valence-corrected chi connectivity index (χ2v) is 5.42. The fourth-order valence-electron chi connectivity index (χ4n) is 2.29. The van der Waals surface area contributed by atoms with Crippen molar-refractivity contribution in [1.29, 1.82) is 0 Å². The van der Waals surface area contributed by atoms with Gasteiger partial charge in [-0.1, -0.05) is 0 Å². The van der Waals surface area contributed by atoms with Crippen LogP contribution in [0, 0.1) is 0 Å². The third-order valence-electron chi connectivity index (χ3n) is 3.11. The number of hydrogen-bond acceptors (Lipinski definition) is 6. The van der Waals surface area contributed by atoms with Crippen LogP contribution in [0.4, 0.5) is 5.82 Å². The molecule has 0 aromatic carbocycles. The first-order chi connectivity index (χ1) is 9.45. The zero-order valence-electron chi connectivity index (χ0n) is 12.0. The second kappa shape index (κ2) is 5.72. The van der Waals surface area contributed by atoms with Gasteiger partial charge in [0.2, 0.25) is 0 Å². The predicted octanol–water partition coefficient (Wildman–Crippen LogP) is 0.130. The minimum atomic E-state index is -0.486. The Morgan fingerprint density at radius 1 is 1.55 bits per heavy atom. The molecule has 0 radical (unpaired) electrons. The van der Waals surface area contributed by atoms with Gasteiger partial charge in [-0.15, -0.1) is 10.2 Å². The Hall–Kier alpha value is -1.73. The number of aliphatic hydroxyl groups excluding tert-OH is 1. The van der Waals surface area contributed by atoms with Crippen LogP contribution >= 0.6 is 0 Å². The largest absolute Gasteiger partial charge is 0.394 e. The van der Waals surface area contributed by atoms with Gasteiger partial charge in [0.1, 0.15) is 5.82 Å². The van der Waals surface area contributed by atoms with Gasteiger partial charge in [-0.2, -0.15) is 0 Å². The molecule has 2 rings (SSSR count). The van der Waals surface area contributed by atoms with Gasteiger partial charge in [0.25, 0.3) is 5.91 Å². The molecule has 7 heteroatoms. The highest BCUT2D eigenvalue weighted by Gasteiger charge is 2.36. The van der Waals surface area contributed by atoms with E-state index in [-0.39, 0.29) is 18.6 Å². The number of morpholine rings is 1. The number of aliphatic hydroxyl groups is 1. The minimum Gasteiger partial charge on any atom is -0.394 e. The highest BCUT2D eigenvalue weighted by atomic mass is 16.5. The van der Waals surface area contributed by atoms with Crippen molar-refractivity contribution in [2.45, 2.75) is 25.6 Å². The van der Waals surface area contributed by atoms with Crippen LogP contribution in [0.1, 0.15) is 24.3 Å². The van der Waals surface area contributed by atoms with Crippen LogP contribution in [-0.2, 0) is 4.74 Å². The second-order valence-electron chi connectivity index (χ2n) is 5.42. The van der Waals surface area contributed by atoms with Gasteiger partial charge in [0.05, 0.1) is 18.3 Å². The van der Waals surface area contributed by atoms with E-state index in [1.54, 1.807) is 24.1 Å². The van der Waals surface area contributed by atoms with E-state index in [4.69, 9.17) is 4.74 Å². The zero-order valence-corrected chi connectivity index (χ0v) is 12.0. The summed E-state index contributed by atoms with van der Waals surface area (Å²) in [6.45, 7) is 4.49. The molecule has 1 saturated heterocycles. The Morgan fingerprint density at radius 3 is 2.85 bits per heavy atom. The normalized spacial score (nSPS) is 21.6. The number of hydrogen-bond donors (Lipinski definition) is 2. The molecule has 1 unspecified atom stereocenters. The summed E-state index contributed by atoms with van der Waals surface area (Å²) in [4.78, 5) is 14.1. The molecule has 1 amide bonds. The van der Waals surface area contributed by atoms with Crippen LogP contribution in [0.25, 0.3) is 0 Å². The van der Waals surface area contributed by atoms with Gasteiger partial charge in [0.15, 0.2) is 5.69 Å². The van der Waals surface area contributed by atoms with E-state index < -0.39 is 5.60 Å². The standard InChI is InChI=1S/C13H20N4O3/c1-13(2)8-17(6-9(7-18)20-13)12(19)10-4-5-11(14-3)16-15-10/h4-5,9,18H,6-8H2,1-3H3,(H,14,16). The van der Waals surface area contributed by atoms with E-state index in [9.17, 15) is 9.90 Å². The van der Waals surface area contributed by atoms with Gasteiger partial charge in [-0.05, 0) is 26.0 Å². The lowest BCUT2D eigenvalue weighted by atomic mass is 10.0. The number of aromatic nitrogens is 2. The van der Waals surface area contributed by atoms with E-state index in [0.29, 0.717) is 24.6 Å². The first-order valence-electron chi connectivity index (χ1n) is 6.54. The van der Waals surface area contributed by atoms with Crippen LogP contribution in [0.2, 0.25) is 0 Å². The molecule has 110 valence electrons. The molecule has 0 spiro atoms. The fourth-order valence-corrected chi connectivity index (χ4v) is 2.29. The van der Waals surface area contributed by atoms with Gasteiger partial charge in [-0.3, -0.25) is 4.79 Å². The van der Waals surface area contributed by atoms with Gasteiger partial charge >= 0.3 is 0 Å². The van der Waals surface area contributed by atoms with Crippen LogP contribution in [0.5, 0.6) is 0 Å². The Kier molecular flexibility index (Phi) is 4.20. The van der Waals surface area contributed by atoms with Crippen molar-refractivity contribution >= 4 is 11.7 Å². The van der Waals surface area contributed by atoms with Crippen molar-refractivity contribution in [2.24, 2.45) is 0 Å². The minimum absolute atomic E-state index is 0.114. The van der Waals surface area contributed by atoms with Crippen LogP contribution in [0.15, 0.2) is 12.1 Å². The van der Waals surface area contributed by atoms with Gasteiger partial charge in [0, 0.05) is 20.1 Å². The monoisotopic (exact) mass is 280 g/mol. The molecular formula is C13H20N4O3. The number of nitrogens with zero attached hydrogens (tertiary/aromatic N) is 3. The molecule has 7 nitrogen and oxygen atoms in total. The average molecular weight is 280 g/mol. The molecule has 1 aromatic rings. The van der Waals surface area contributed by atoms with Crippen molar-refractivity contribution in [3.63, 3.8) is 0 Å². The molecule has 1 aliphatic heterocycles. The molecule has 0 bridgehead atoms. The van der Waals surface area contributed by atoms with Crippen molar-refractivity contribution < 1.29 is 14.6 Å². The zero-order chi connectivity index (χ0) is 14.8. The van der Waals surface area contributed by atoms with Crippen LogP contribution in [0.3, 0.4) is 0 Å². The maximum Gasteiger partial charge on any atom is 0.274 e. The smallest absolute Gasteiger partial charge is 0.274 e. The molecular weight excluding hydrogens is 260 g/mol. The number of nitrogens with one attached hydrogen (secondary N) is 1. The van der Waals surface area contributed by atoms with Crippen LogP contribution < -0.4 is 5.32 Å². The molecule has 20 heavy (non-hydrogen) atoms. The van der Waals surface area contributed by atoms with Crippen molar-refractivity contribution in [1.82, 2.24) is 15.1 Å². The van der Waals surface area contributed by atoms with E-state index in [1.807, 2.05) is 13.8 Å². The summed E-state index contributed by atoms with van der Waals surface area (Å²) in [5.74, 6) is 0.409. The number of amides is 1. The molecule has 0 saturated carbocycles. The summed E-state index contributed by atoms with van der Waals surface area (Å²) in [5, 5.41) is 19.9.